The zero-order chi connectivity index (χ0) is 10.4. The summed E-state index contributed by atoms with van der Waals surface area (Å²) in [5, 5.41) is 8.33. The fraction of sp³-hybridized carbons (Fsp3) is 0.636. The molecular formula is C11H14N2O. The number of hydrogen-bond donors (Lipinski definition) is 0. The second-order valence-corrected chi connectivity index (χ2v) is 3.52. The number of carbonyl (C=O) groups is 1. The van der Waals surface area contributed by atoms with Crippen LogP contribution < -0.4 is 0 Å². The van der Waals surface area contributed by atoms with Crippen LogP contribution in [0.25, 0.3) is 0 Å². The molecule has 1 rings (SSSR count). The van der Waals surface area contributed by atoms with Crippen molar-refractivity contribution < 1.29 is 4.79 Å². The summed E-state index contributed by atoms with van der Waals surface area (Å²) < 4.78 is 0. The van der Waals surface area contributed by atoms with Gasteiger partial charge in [0.05, 0.1) is 6.07 Å². The number of terminal acetylenes is 1. The van der Waals surface area contributed by atoms with Gasteiger partial charge in [0.2, 0.25) is 5.91 Å². The summed E-state index contributed by atoms with van der Waals surface area (Å²) in [4.78, 5) is 13.2. The first-order chi connectivity index (χ1) is 6.77. The monoisotopic (exact) mass is 190 g/mol. The van der Waals surface area contributed by atoms with Crippen LogP contribution in [0, 0.1) is 29.6 Å². The van der Waals surface area contributed by atoms with Crippen molar-refractivity contribution in [2.45, 2.75) is 25.7 Å². The first-order valence-electron chi connectivity index (χ1n) is 4.88. The summed E-state index contributed by atoms with van der Waals surface area (Å²) >= 11 is 0. The lowest BCUT2D eigenvalue weighted by molar-refractivity contribution is -0.127. The molecule has 1 saturated heterocycles. The van der Waals surface area contributed by atoms with E-state index < -0.39 is 0 Å². The third-order valence-corrected chi connectivity index (χ3v) is 2.42. The lowest BCUT2D eigenvalue weighted by Gasteiger charge is -2.14. The van der Waals surface area contributed by atoms with Crippen molar-refractivity contribution >= 4 is 5.91 Å². The zero-order valence-corrected chi connectivity index (χ0v) is 8.20. The molecule has 1 amide bonds. The summed E-state index contributed by atoms with van der Waals surface area (Å²) in [6.07, 6.45) is 8.09. The Balaban J connectivity index is 2.23. The van der Waals surface area contributed by atoms with Crippen LogP contribution >= 0.6 is 0 Å². The minimum absolute atomic E-state index is 0.0958. The van der Waals surface area contributed by atoms with Gasteiger partial charge in [0.25, 0.3) is 0 Å². The molecule has 0 aromatic carbocycles. The minimum Gasteiger partial charge on any atom is -0.341 e. The van der Waals surface area contributed by atoms with E-state index in [0.29, 0.717) is 19.4 Å². The molecular weight excluding hydrogens is 176 g/mol. The fourth-order valence-electron chi connectivity index (χ4n) is 1.61. The molecule has 3 heteroatoms. The molecule has 3 nitrogen and oxygen atoms in total. The van der Waals surface area contributed by atoms with E-state index in [0.717, 1.165) is 19.4 Å². The standard InChI is InChI=1S/C11H14N2O/c1-2-10-8-11(14)13(9-10)7-5-3-4-6-12/h1,10H,3-5,7-9H2. The van der Waals surface area contributed by atoms with E-state index >= 15 is 0 Å². The molecule has 0 aromatic heterocycles. The fourth-order valence-corrected chi connectivity index (χ4v) is 1.61. The quantitative estimate of drug-likeness (QED) is 0.493. The van der Waals surface area contributed by atoms with Gasteiger partial charge >= 0.3 is 0 Å². The van der Waals surface area contributed by atoms with E-state index in [9.17, 15) is 4.79 Å². The van der Waals surface area contributed by atoms with Crippen molar-refractivity contribution in [3.8, 4) is 18.4 Å². The highest BCUT2D eigenvalue weighted by Gasteiger charge is 2.27. The first kappa shape index (κ1) is 10.6. The topological polar surface area (TPSA) is 44.1 Å². The average Bonchev–Trinajstić information content (AvgIpc) is 2.54. The molecule has 1 aliphatic rings. The van der Waals surface area contributed by atoms with Gasteiger partial charge in [-0.1, -0.05) is 0 Å². The molecule has 0 saturated carbocycles. The Hall–Kier alpha value is -1.48. The Labute approximate surface area is 84.7 Å². The van der Waals surface area contributed by atoms with Gasteiger partial charge in [0.15, 0.2) is 0 Å². The van der Waals surface area contributed by atoms with Gasteiger partial charge in [-0.2, -0.15) is 5.26 Å². The van der Waals surface area contributed by atoms with E-state index in [1.54, 1.807) is 0 Å². The van der Waals surface area contributed by atoms with Crippen LogP contribution in [0.2, 0.25) is 0 Å². The lowest BCUT2D eigenvalue weighted by Crippen LogP contribution is -2.26. The van der Waals surface area contributed by atoms with Crippen molar-refractivity contribution in [2.24, 2.45) is 5.92 Å². The highest BCUT2D eigenvalue weighted by molar-refractivity contribution is 5.79. The summed E-state index contributed by atoms with van der Waals surface area (Å²) in [7, 11) is 0. The highest BCUT2D eigenvalue weighted by Crippen LogP contribution is 2.17. The molecule has 1 fully saturated rings. The molecule has 1 aliphatic heterocycles. The van der Waals surface area contributed by atoms with Gasteiger partial charge in [-0.3, -0.25) is 4.79 Å². The number of rotatable bonds is 4. The summed E-state index contributed by atoms with van der Waals surface area (Å²) in [5.41, 5.74) is 0. The van der Waals surface area contributed by atoms with Crippen LogP contribution in [0.5, 0.6) is 0 Å². The second-order valence-electron chi connectivity index (χ2n) is 3.52. The van der Waals surface area contributed by atoms with E-state index in [1.807, 2.05) is 4.90 Å². The molecule has 74 valence electrons. The first-order valence-corrected chi connectivity index (χ1v) is 4.88. The molecule has 14 heavy (non-hydrogen) atoms. The third-order valence-electron chi connectivity index (χ3n) is 2.42. The van der Waals surface area contributed by atoms with Gasteiger partial charge in [-0.25, -0.2) is 0 Å². The van der Waals surface area contributed by atoms with E-state index in [2.05, 4.69) is 12.0 Å². The maximum Gasteiger partial charge on any atom is 0.223 e. The predicted octanol–water partition coefficient (Wildman–Crippen LogP) is 1.16. The molecule has 1 unspecified atom stereocenters. The van der Waals surface area contributed by atoms with Gasteiger partial charge in [0, 0.05) is 31.8 Å². The Morgan fingerprint density at radius 1 is 1.57 bits per heavy atom. The van der Waals surface area contributed by atoms with Gasteiger partial charge in [-0.15, -0.1) is 12.3 Å². The Morgan fingerprint density at radius 2 is 2.36 bits per heavy atom. The largest absolute Gasteiger partial charge is 0.341 e. The molecule has 0 bridgehead atoms. The summed E-state index contributed by atoms with van der Waals surface area (Å²) in [6, 6.07) is 2.09. The lowest BCUT2D eigenvalue weighted by atomic mass is 10.1. The number of unbranched alkanes of at least 4 members (excludes halogenated alkanes) is 2. The van der Waals surface area contributed by atoms with Crippen molar-refractivity contribution in [3.05, 3.63) is 0 Å². The molecule has 1 heterocycles. The van der Waals surface area contributed by atoms with Gasteiger partial charge in [0.1, 0.15) is 0 Å². The molecule has 0 spiro atoms. The van der Waals surface area contributed by atoms with Crippen molar-refractivity contribution in [3.63, 3.8) is 0 Å². The number of nitrogens with zero attached hydrogens (tertiary/aromatic N) is 2. The smallest absolute Gasteiger partial charge is 0.223 e. The van der Waals surface area contributed by atoms with E-state index in [1.165, 1.54) is 0 Å². The normalized spacial score (nSPS) is 20.6. The molecule has 0 radical (unpaired) electrons. The zero-order valence-electron chi connectivity index (χ0n) is 8.20. The number of nitriles is 1. The second kappa shape index (κ2) is 5.29. The molecule has 0 aliphatic carbocycles. The van der Waals surface area contributed by atoms with Crippen molar-refractivity contribution in [1.82, 2.24) is 4.90 Å². The maximum absolute atomic E-state index is 11.4. The molecule has 0 N–H and O–H groups in total. The Kier molecular flexibility index (Phi) is 4.01. The average molecular weight is 190 g/mol. The van der Waals surface area contributed by atoms with Crippen LogP contribution in [0.1, 0.15) is 25.7 Å². The highest BCUT2D eigenvalue weighted by atomic mass is 16.2. The summed E-state index contributed by atoms with van der Waals surface area (Å²) in [6.45, 7) is 1.45. The van der Waals surface area contributed by atoms with E-state index in [-0.39, 0.29) is 11.8 Å². The molecule has 0 aromatic rings. The number of carbonyl (C=O) groups excluding carboxylic acids is 1. The van der Waals surface area contributed by atoms with Crippen LogP contribution in [-0.2, 0) is 4.79 Å². The minimum atomic E-state index is 0.0958. The van der Waals surface area contributed by atoms with Gasteiger partial charge < -0.3 is 4.90 Å². The van der Waals surface area contributed by atoms with Crippen LogP contribution in [0.4, 0.5) is 0 Å². The SMILES string of the molecule is C#CC1CC(=O)N(CCCCC#N)C1. The van der Waals surface area contributed by atoms with Crippen LogP contribution in [0.15, 0.2) is 0 Å². The maximum atomic E-state index is 11.4. The van der Waals surface area contributed by atoms with Crippen molar-refractivity contribution in [1.29, 1.82) is 5.26 Å². The van der Waals surface area contributed by atoms with Crippen LogP contribution in [0.3, 0.4) is 0 Å². The van der Waals surface area contributed by atoms with E-state index in [4.69, 9.17) is 11.7 Å². The molecule has 1 atom stereocenters. The van der Waals surface area contributed by atoms with Gasteiger partial charge in [-0.05, 0) is 12.8 Å². The number of hydrogen-bond acceptors (Lipinski definition) is 2. The Morgan fingerprint density at radius 3 is 2.93 bits per heavy atom. The third kappa shape index (κ3) is 2.78. The Bertz CT molecular complexity index is 285. The summed E-state index contributed by atoms with van der Waals surface area (Å²) in [5.74, 6) is 2.86. The van der Waals surface area contributed by atoms with Crippen molar-refractivity contribution in [2.75, 3.05) is 13.1 Å². The number of likely N-dealkylation sites (tertiary alicyclic amines) is 1. The van der Waals surface area contributed by atoms with Crippen LogP contribution in [-0.4, -0.2) is 23.9 Å². The number of amides is 1. The predicted molar refractivity (Wildman–Crippen MR) is 53.0 cm³/mol.